The van der Waals surface area contributed by atoms with Crippen LogP contribution in [0.25, 0.3) is 0 Å². The van der Waals surface area contributed by atoms with E-state index in [0.29, 0.717) is 12.4 Å². The molecule has 0 aromatic carbocycles. The van der Waals surface area contributed by atoms with E-state index >= 15 is 0 Å². The molecule has 0 spiro atoms. The first kappa shape index (κ1) is 12.7. The van der Waals surface area contributed by atoms with Crippen LogP contribution in [0.5, 0.6) is 0 Å². The SMILES string of the molecule is CCOC(=O)C(=O)/C=C1/COC(C)(C)CO1. The number of rotatable bonds is 3. The van der Waals surface area contributed by atoms with Crippen molar-refractivity contribution in [2.45, 2.75) is 26.4 Å². The van der Waals surface area contributed by atoms with E-state index in [1.165, 1.54) is 0 Å². The monoisotopic (exact) mass is 228 g/mol. The van der Waals surface area contributed by atoms with Crippen LogP contribution in [-0.4, -0.2) is 37.2 Å². The number of hydrogen-bond acceptors (Lipinski definition) is 5. The Kier molecular flexibility index (Phi) is 4.06. The van der Waals surface area contributed by atoms with Gasteiger partial charge in [-0.1, -0.05) is 0 Å². The van der Waals surface area contributed by atoms with Gasteiger partial charge in [-0.2, -0.15) is 0 Å². The molecule has 1 rings (SSSR count). The fourth-order valence-corrected chi connectivity index (χ4v) is 1.11. The first-order valence-corrected chi connectivity index (χ1v) is 5.13. The van der Waals surface area contributed by atoms with Crippen molar-refractivity contribution in [3.63, 3.8) is 0 Å². The van der Waals surface area contributed by atoms with Gasteiger partial charge in [-0.05, 0) is 20.8 Å². The maximum atomic E-state index is 11.3. The molecule has 1 saturated heterocycles. The molecule has 1 fully saturated rings. The minimum atomic E-state index is -0.872. The van der Waals surface area contributed by atoms with Crippen molar-refractivity contribution in [1.29, 1.82) is 0 Å². The molecule has 0 bridgehead atoms. The van der Waals surface area contributed by atoms with Crippen LogP contribution in [0.1, 0.15) is 20.8 Å². The van der Waals surface area contributed by atoms with Gasteiger partial charge in [0.1, 0.15) is 19.0 Å². The topological polar surface area (TPSA) is 61.8 Å². The lowest BCUT2D eigenvalue weighted by Crippen LogP contribution is -2.36. The Morgan fingerprint density at radius 2 is 2.19 bits per heavy atom. The highest BCUT2D eigenvalue weighted by atomic mass is 16.6. The minimum absolute atomic E-state index is 0.179. The highest BCUT2D eigenvalue weighted by Crippen LogP contribution is 2.19. The largest absolute Gasteiger partial charge is 0.492 e. The van der Waals surface area contributed by atoms with Gasteiger partial charge in [0.25, 0.3) is 5.78 Å². The maximum Gasteiger partial charge on any atom is 0.379 e. The maximum absolute atomic E-state index is 11.3. The normalized spacial score (nSPS) is 21.3. The summed E-state index contributed by atoms with van der Waals surface area (Å²) in [5, 5.41) is 0. The van der Waals surface area contributed by atoms with E-state index in [1.54, 1.807) is 6.92 Å². The predicted molar refractivity (Wildman–Crippen MR) is 55.7 cm³/mol. The zero-order valence-electron chi connectivity index (χ0n) is 9.74. The number of ketones is 1. The van der Waals surface area contributed by atoms with Crippen LogP contribution >= 0.6 is 0 Å². The smallest absolute Gasteiger partial charge is 0.379 e. The Labute approximate surface area is 94.4 Å². The molecule has 0 aliphatic carbocycles. The van der Waals surface area contributed by atoms with E-state index in [2.05, 4.69) is 4.74 Å². The highest BCUT2D eigenvalue weighted by molar-refractivity contribution is 6.38. The molecular formula is C11H16O5. The van der Waals surface area contributed by atoms with E-state index in [-0.39, 0.29) is 18.8 Å². The lowest BCUT2D eigenvalue weighted by Gasteiger charge is -2.31. The van der Waals surface area contributed by atoms with Crippen LogP contribution in [0.4, 0.5) is 0 Å². The van der Waals surface area contributed by atoms with E-state index in [4.69, 9.17) is 9.47 Å². The summed E-state index contributed by atoms with van der Waals surface area (Å²) in [5.74, 6) is -1.24. The Morgan fingerprint density at radius 3 is 2.69 bits per heavy atom. The summed E-state index contributed by atoms with van der Waals surface area (Å²) in [4.78, 5) is 22.3. The van der Waals surface area contributed by atoms with Crippen LogP contribution in [0.15, 0.2) is 11.8 Å². The summed E-state index contributed by atoms with van der Waals surface area (Å²) in [6.07, 6.45) is 1.12. The van der Waals surface area contributed by atoms with Gasteiger partial charge in [0, 0.05) is 6.08 Å². The quantitative estimate of drug-likeness (QED) is 0.406. The van der Waals surface area contributed by atoms with Crippen LogP contribution in [0, 0.1) is 0 Å². The fourth-order valence-electron chi connectivity index (χ4n) is 1.11. The van der Waals surface area contributed by atoms with Gasteiger partial charge in [0.15, 0.2) is 0 Å². The lowest BCUT2D eigenvalue weighted by molar-refractivity contribution is -0.151. The second kappa shape index (κ2) is 5.12. The van der Waals surface area contributed by atoms with E-state index in [1.807, 2.05) is 13.8 Å². The third-order valence-electron chi connectivity index (χ3n) is 1.98. The molecule has 5 nitrogen and oxygen atoms in total. The number of carbonyl (C=O) groups excluding carboxylic acids is 2. The van der Waals surface area contributed by atoms with Crippen molar-refractivity contribution in [1.82, 2.24) is 0 Å². The Balaban J connectivity index is 2.53. The second-order valence-corrected chi connectivity index (χ2v) is 4.03. The van der Waals surface area contributed by atoms with Crippen molar-refractivity contribution in [2.24, 2.45) is 0 Å². The molecule has 0 atom stereocenters. The third kappa shape index (κ3) is 3.66. The van der Waals surface area contributed by atoms with E-state index < -0.39 is 11.8 Å². The Morgan fingerprint density at radius 1 is 1.50 bits per heavy atom. The van der Waals surface area contributed by atoms with Gasteiger partial charge in [0.05, 0.1) is 12.2 Å². The number of carbonyl (C=O) groups is 2. The molecule has 0 aromatic heterocycles. The van der Waals surface area contributed by atoms with Crippen molar-refractivity contribution in [3.8, 4) is 0 Å². The van der Waals surface area contributed by atoms with Crippen molar-refractivity contribution < 1.29 is 23.8 Å². The lowest BCUT2D eigenvalue weighted by atomic mass is 10.1. The summed E-state index contributed by atoms with van der Waals surface area (Å²) < 4.78 is 15.3. The number of hydrogen-bond donors (Lipinski definition) is 0. The average molecular weight is 228 g/mol. The summed E-state index contributed by atoms with van der Waals surface area (Å²) in [6.45, 7) is 6.14. The van der Waals surface area contributed by atoms with Gasteiger partial charge in [-0.25, -0.2) is 4.79 Å². The predicted octanol–water partition coefficient (Wildman–Crippen LogP) is 0.828. The molecule has 0 radical (unpaired) electrons. The first-order valence-electron chi connectivity index (χ1n) is 5.13. The molecule has 90 valence electrons. The van der Waals surface area contributed by atoms with Crippen molar-refractivity contribution in [3.05, 3.63) is 11.8 Å². The van der Waals surface area contributed by atoms with Gasteiger partial charge >= 0.3 is 5.97 Å². The molecule has 1 heterocycles. The minimum Gasteiger partial charge on any atom is -0.492 e. The second-order valence-electron chi connectivity index (χ2n) is 4.03. The van der Waals surface area contributed by atoms with Gasteiger partial charge in [-0.15, -0.1) is 0 Å². The average Bonchev–Trinajstić information content (AvgIpc) is 2.21. The van der Waals surface area contributed by atoms with E-state index in [9.17, 15) is 9.59 Å². The zero-order chi connectivity index (χ0) is 12.2. The molecule has 0 unspecified atom stereocenters. The van der Waals surface area contributed by atoms with Gasteiger partial charge in [0.2, 0.25) is 0 Å². The van der Waals surface area contributed by atoms with Crippen LogP contribution in [0.3, 0.4) is 0 Å². The molecule has 0 amide bonds. The number of ether oxygens (including phenoxy) is 3. The third-order valence-corrected chi connectivity index (χ3v) is 1.98. The van der Waals surface area contributed by atoms with Crippen LogP contribution in [0.2, 0.25) is 0 Å². The van der Waals surface area contributed by atoms with Gasteiger partial charge < -0.3 is 14.2 Å². The molecule has 0 aromatic rings. The summed E-state index contributed by atoms with van der Waals surface area (Å²) in [7, 11) is 0. The fraction of sp³-hybridized carbons (Fsp3) is 0.636. The molecule has 0 N–H and O–H groups in total. The van der Waals surface area contributed by atoms with Crippen LogP contribution < -0.4 is 0 Å². The molecular weight excluding hydrogens is 212 g/mol. The molecule has 0 saturated carbocycles. The van der Waals surface area contributed by atoms with Crippen molar-refractivity contribution in [2.75, 3.05) is 19.8 Å². The zero-order valence-corrected chi connectivity index (χ0v) is 9.74. The first-order chi connectivity index (χ1) is 7.44. The molecule has 16 heavy (non-hydrogen) atoms. The molecule has 5 heteroatoms. The molecule has 1 aliphatic rings. The number of esters is 1. The Hall–Kier alpha value is -1.36. The highest BCUT2D eigenvalue weighted by Gasteiger charge is 2.26. The standard InChI is InChI=1S/C11H16O5/c1-4-14-10(13)9(12)5-8-6-16-11(2,3)7-15-8/h5H,4,6-7H2,1-3H3/b8-5-. The summed E-state index contributed by atoms with van der Waals surface area (Å²) in [5.41, 5.74) is -0.357. The Bertz CT molecular complexity index is 304. The summed E-state index contributed by atoms with van der Waals surface area (Å²) >= 11 is 0. The van der Waals surface area contributed by atoms with E-state index in [0.717, 1.165) is 6.08 Å². The van der Waals surface area contributed by atoms with Crippen molar-refractivity contribution >= 4 is 11.8 Å². The summed E-state index contributed by atoms with van der Waals surface area (Å²) in [6, 6.07) is 0. The molecule has 1 aliphatic heterocycles. The van der Waals surface area contributed by atoms with Gasteiger partial charge in [-0.3, -0.25) is 4.79 Å². The van der Waals surface area contributed by atoms with Crippen LogP contribution in [-0.2, 0) is 23.8 Å².